The molecular weight excluding hydrogens is 538 g/mol. The minimum Gasteiger partial charge on any atom is -0.480 e. The van der Waals surface area contributed by atoms with E-state index >= 15 is 0 Å². The molecule has 0 spiro atoms. The number of ether oxygens (including phenoxy) is 1. The first-order chi connectivity index (χ1) is 20.9. The van der Waals surface area contributed by atoms with Gasteiger partial charge in [0.15, 0.2) is 0 Å². The van der Waals surface area contributed by atoms with Crippen LogP contribution in [0.15, 0.2) is 60.7 Å². The van der Waals surface area contributed by atoms with Gasteiger partial charge in [-0.1, -0.05) is 86.8 Å². The number of carbonyl (C=O) groups is 2. The summed E-state index contributed by atoms with van der Waals surface area (Å²) < 4.78 is 5.59. The standard InChI is InChI=1S/C18H26N2O2.C18H25NO2/c1-14-12-17(14)20(16-8-10-19(2)11-9-16)18(21)22-13-15-6-4-3-5-7-15;20-18(21)17(15-9-5-2-6-10-15)19-12-11-16(13-19)14-7-3-1-4-8-14/h3-7,14,16-17H,8-13H2,1-2H3;1,3-4,7-8,15-17H,2,5-6,9-13H2,(H,20,21)/t;16?,17-/m.1/s1. The van der Waals surface area contributed by atoms with Crippen LogP contribution >= 0.6 is 0 Å². The molecule has 3 unspecified atom stereocenters. The first-order valence-corrected chi connectivity index (χ1v) is 16.6. The van der Waals surface area contributed by atoms with Crippen LogP contribution in [0.4, 0.5) is 4.79 Å². The summed E-state index contributed by atoms with van der Waals surface area (Å²) in [4.78, 5) is 31.0. The zero-order chi connectivity index (χ0) is 30.2. The second-order valence-corrected chi connectivity index (χ2v) is 13.3. The van der Waals surface area contributed by atoms with Crippen molar-refractivity contribution in [3.63, 3.8) is 0 Å². The second kappa shape index (κ2) is 15.2. The van der Waals surface area contributed by atoms with Gasteiger partial charge in [0.2, 0.25) is 0 Å². The first-order valence-electron chi connectivity index (χ1n) is 16.6. The molecule has 0 bridgehead atoms. The number of hydrogen-bond donors (Lipinski definition) is 1. The monoisotopic (exact) mass is 589 g/mol. The molecule has 7 nitrogen and oxygen atoms in total. The maximum absolute atomic E-state index is 12.6. The third kappa shape index (κ3) is 8.60. The van der Waals surface area contributed by atoms with Gasteiger partial charge in [-0.15, -0.1) is 0 Å². The third-order valence-electron chi connectivity index (χ3n) is 10.2. The van der Waals surface area contributed by atoms with Crippen molar-refractivity contribution in [2.24, 2.45) is 11.8 Å². The van der Waals surface area contributed by atoms with Crippen molar-refractivity contribution < 1.29 is 19.4 Å². The Bertz CT molecular complexity index is 1150. The molecule has 2 saturated carbocycles. The highest BCUT2D eigenvalue weighted by atomic mass is 16.6. The number of aliphatic carboxylic acids is 1. The van der Waals surface area contributed by atoms with Crippen molar-refractivity contribution in [3.05, 3.63) is 71.8 Å². The highest BCUT2D eigenvalue weighted by molar-refractivity contribution is 5.74. The molecule has 43 heavy (non-hydrogen) atoms. The number of amides is 1. The predicted molar refractivity (Wildman–Crippen MR) is 170 cm³/mol. The number of carboxylic acids is 1. The van der Waals surface area contributed by atoms with Gasteiger partial charge < -0.3 is 19.6 Å². The molecule has 1 amide bonds. The second-order valence-electron chi connectivity index (χ2n) is 13.3. The van der Waals surface area contributed by atoms with E-state index in [1.807, 2.05) is 41.3 Å². The summed E-state index contributed by atoms with van der Waals surface area (Å²) >= 11 is 0. The van der Waals surface area contributed by atoms with E-state index < -0.39 is 5.97 Å². The molecule has 2 aliphatic carbocycles. The van der Waals surface area contributed by atoms with E-state index in [0.29, 0.717) is 36.4 Å². The first kappa shape index (κ1) is 31.5. The van der Waals surface area contributed by atoms with Gasteiger partial charge in [-0.2, -0.15) is 0 Å². The van der Waals surface area contributed by atoms with Crippen molar-refractivity contribution in [2.75, 3.05) is 33.2 Å². The Hall–Kier alpha value is -2.90. The Morgan fingerprint density at radius 1 is 0.907 bits per heavy atom. The molecule has 4 aliphatic rings. The lowest BCUT2D eigenvalue weighted by Gasteiger charge is -2.37. The van der Waals surface area contributed by atoms with Crippen molar-refractivity contribution in [1.29, 1.82) is 0 Å². The van der Waals surface area contributed by atoms with Crippen LogP contribution in [0.2, 0.25) is 0 Å². The molecule has 2 saturated heterocycles. The molecule has 1 N–H and O–H groups in total. The number of hydrogen-bond acceptors (Lipinski definition) is 5. The maximum Gasteiger partial charge on any atom is 0.410 e. The molecule has 4 fully saturated rings. The molecule has 2 heterocycles. The highest BCUT2D eigenvalue weighted by Crippen LogP contribution is 2.38. The number of carboxylic acid groups (broad SMARTS) is 1. The van der Waals surface area contributed by atoms with Crippen LogP contribution in [-0.2, 0) is 16.1 Å². The van der Waals surface area contributed by atoms with Gasteiger partial charge in [0, 0.05) is 18.6 Å². The largest absolute Gasteiger partial charge is 0.480 e. The van der Waals surface area contributed by atoms with E-state index in [4.69, 9.17) is 4.74 Å². The summed E-state index contributed by atoms with van der Waals surface area (Å²) in [5.41, 5.74) is 2.40. The van der Waals surface area contributed by atoms with Crippen LogP contribution in [0.1, 0.15) is 81.8 Å². The SMILES string of the molecule is CC1CC1N(C(=O)OCc1ccccc1)C1CCN(C)CC1.O=C(O)[C@@H](C1CCCCC1)N1CCC(c2ccccc2)C1. The molecule has 4 atom stereocenters. The number of nitrogens with zero attached hydrogens (tertiary/aromatic N) is 3. The number of carbonyl (C=O) groups excluding carboxylic acids is 1. The van der Waals surface area contributed by atoms with Crippen molar-refractivity contribution in [3.8, 4) is 0 Å². The summed E-state index contributed by atoms with van der Waals surface area (Å²) in [7, 11) is 2.15. The Morgan fingerprint density at radius 2 is 1.53 bits per heavy atom. The summed E-state index contributed by atoms with van der Waals surface area (Å²) in [6.45, 7) is 6.54. The molecular formula is C36H51N3O4. The predicted octanol–water partition coefficient (Wildman–Crippen LogP) is 6.64. The van der Waals surface area contributed by atoms with Crippen LogP contribution < -0.4 is 0 Å². The number of piperidine rings is 1. The van der Waals surface area contributed by atoms with Crippen molar-refractivity contribution in [2.45, 2.75) is 95.4 Å². The van der Waals surface area contributed by atoms with E-state index in [2.05, 4.69) is 48.0 Å². The Morgan fingerprint density at radius 3 is 2.14 bits per heavy atom. The highest BCUT2D eigenvalue weighted by Gasteiger charge is 2.45. The molecule has 2 aromatic rings. The summed E-state index contributed by atoms with van der Waals surface area (Å²) in [6, 6.07) is 20.9. The van der Waals surface area contributed by atoms with E-state index in [1.54, 1.807) is 0 Å². The van der Waals surface area contributed by atoms with Gasteiger partial charge in [-0.3, -0.25) is 9.69 Å². The van der Waals surface area contributed by atoms with Crippen LogP contribution in [-0.4, -0.2) is 83.2 Å². The third-order valence-corrected chi connectivity index (χ3v) is 10.2. The van der Waals surface area contributed by atoms with Crippen LogP contribution in [0.25, 0.3) is 0 Å². The van der Waals surface area contributed by atoms with Crippen molar-refractivity contribution >= 4 is 12.1 Å². The number of benzene rings is 2. The molecule has 2 aliphatic heterocycles. The lowest BCUT2D eigenvalue weighted by atomic mass is 9.83. The fourth-order valence-electron chi connectivity index (χ4n) is 7.46. The van der Waals surface area contributed by atoms with Gasteiger partial charge in [-0.05, 0) is 94.1 Å². The van der Waals surface area contributed by atoms with E-state index in [1.165, 1.54) is 24.8 Å². The number of rotatable bonds is 8. The van der Waals surface area contributed by atoms with Crippen LogP contribution in [0.3, 0.4) is 0 Å². The van der Waals surface area contributed by atoms with Gasteiger partial charge in [-0.25, -0.2) is 4.79 Å². The van der Waals surface area contributed by atoms with Crippen LogP contribution in [0.5, 0.6) is 0 Å². The molecule has 2 aromatic carbocycles. The molecule has 0 radical (unpaired) electrons. The van der Waals surface area contributed by atoms with E-state index in [0.717, 1.165) is 70.3 Å². The average molecular weight is 590 g/mol. The van der Waals surface area contributed by atoms with Crippen molar-refractivity contribution in [1.82, 2.24) is 14.7 Å². The summed E-state index contributed by atoms with van der Waals surface area (Å²) in [5.74, 6) is 0.849. The van der Waals surface area contributed by atoms with Crippen LogP contribution in [0, 0.1) is 11.8 Å². The topological polar surface area (TPSA) is 73.3 Å². The smallest absolute Gasteiger partial charge is 0.410 e. The zero-order valence-electron chi connectivity index (χ0n) is 26.2. The zero-order valence-corrected chi connectivity index (χ0v) is 26.2. The summed E-state index contributed by atoms with van der Waals surface area (Å²) in [5, 5.41) is 9.70. The molecule has 234 valence electrons. The molecule has 7 heteroatoms. The fourth-order valence-corrected chi connectivity index (χ4v) is 7.46. The fraction of sp³-hybridized carbons (Fsp3) is 0.611. The Kier molecular flexibility index (Phi) is 11.1. The van der Waals surface area contributed by atoms with E-state index in [-0.39, 0.29) is 12.1 Å². The average Bonchev–Trinajstić information content (AvgIpc) is 3.54. The maximum atomic E-state index is 12.6. The number of likely N-dealkylation sites (tertiary alicyclic amines) is 2. The van der Waals surface area contributed by atoms with Gasteiger partial charge in [0.1, 0.15) is 12.6 Å². The Labute approximate surface area is 258 Å². The normalized spacial score (nSPS) is 25.8. The lowest BCUT2D eigenvalue weighted by Crippen LogP contribution is -2.48. The minimum absolute atomic E-state index is 0.132. The van der Waals surface area contributed by atoms with Gasteiger partial charge in [0.05, 0.1) is 0 Å². The van der Waals surface area contributed by atoms with Gasteiger partial charge >= 0.3 is 12.1 Å². The Balaban J connectivity index is 0.000000171. The molecule has 6 rings (SSSR count). The van der Waals surface area contributed by atoms with Gasteiger partial charge in [0.25, 0.3) is 0 Å². The lowest BCUT2D eigenvalue weighted by molar-refractivity contribution is -0.145. The quantitative estimate of drug-likeness (QED) is 0.372. The molecule has 0 aromatic heterocycles. The van der Waals surface area contributed by atoms with E-state index in [9.17, 15) is 14.7 Å². The summed E-state index contributed by atoms with van der Waals surface area (Å²) in [6.07, 6.45) is 10.0. The minimum atomic E-state index is -0.615.